The Hall–Kier alpha value is -1.63. The van der Waals surface area contributed by atoms with Crippen LogP contribution in [0.3, 0.4) is 0 Å². The van der Waals surface area contributed by atoms with Crippen molar-refractivity contribution < 1.29 is 9.59 Å². The highest BCUT2D eigenvalue weighted by Gasteiger charge is 2.32. The second-order valence-corrected chi connectivity index (χ2v) is 6.01. The van der Waals surface area contributed by atoms with Gasteiger partial charge in [0.25, 0.3) is 5.91 Å². The third-order valence-electron chi connectivity index (χ3n) is 3.55. The maximum Gasteiger partial charge on any atom is 0.263 e. The minimum absolute atomic E-state index is 0.147. The van der Waals surface area contributed by atoms with Crippen LogP contribution in [0.2, 0.25) is 0 Å². The third kappa shape index (κ3) is 2.15. The monoisotopic (exact) mass is 380 g/mol. The van der Waals surface area contributed by atoms with E-state index in [1.54, 1.807) is 0 Å². The van der Waals surface area contributed by atoms with Crippen molar-refractivity contribution in [2.45, 2.75) is 13.0 Å². The van der Waals surface area contributed by atoms with Crippen molar-refractivity contribution in [1.82, 2.24) is 9.47 Å². The number of amides is 2. The summed E-state index contributed by atoms with van der Waals surface area (Å²) in [5.74, 6) is -0.348. The molecule has 3 rings (SSSR count). The number of aromatic nitrogens is 1. The lowest BCUT2D eigenvalue weighted by Gasteiger charge is -2.22. The number of carbonyl (C=O) groups is 2. The van der Waals surface area contributed by atoms with Crippen molar-refractivity contribution in [3.8, 4) is 0 Å². The molecule has 2 aromatic rings. The predicted molar refractivity (Wildman–Crippen MR) is 83.5 cm³/mol. The normalized spacial score (nSPS) is 14.6. The molecule has 2 heterocycles. The smallest absolute Gasteiger partial charge is 0.263 e. The fraction of sp³-hybridized carbons (Fsp3) is 0.200. The summed E-state index contributed by atoms with van der Waals surface area (Å²) in [5.41, 5.74) is 2.65. The Kier molecular flexibility index (Phi) is 3.37. The zero-order valence-electron chi connectivity index (χ0n) is 11.0. The van der Waals surface area contributed by atoms with Crippen LogP contribution in [0, 0.1) is 3.57 Å². The predicted octanol–water partition coefficient (Wildman–Crippen LogP) is 2.30. The van der Waals surface area contributed by atoms with Gasteiger partial charge in [0.15, 0.2) is 0 Å². The molecule has 1 aromatic heterocycles. The van der Waals surface area contributed by atoms with Gasteiger partial charge in [0, 0.05) is 29.1 Å². The number of benzene rings is 1. The first-order chi connectivity index (χ1) is 9.58. The summed E-state index contributed by atoms with van der Waals surface area (Å²) in [7, 11) is 1.54. The molecule has 0 spiro atoms. The largest absolute Gasteiger partial charge is 0.345 e. The highest BCUT2D eigenvalue weighted by molar-refractivity contribution is 14.1. The Balaban J connectivity index is 2.03. The highest BCUT2D eigenvalue weighted by Crippen LogP contribution is 2.26. The summed E-state index contributed by atoms with van der Waals surface area (Å²) in [6.07, 6.45) is 2.23. The van der Waals surface area contributed by atoms with Crippen LogP contribution < -0.4 is 0 Å². The Morgan fingerprint density at radius 2 is 1.90 bits per heavy atom. The van der Waals surface area contributed by atoms with Gasteiger partial charge in [-0.1, -0.05) is 30.3 Å². The van der Waals surface area contributed by atoms with Crippen LogP contribution in [0.15, 0.2) is 36.5 Å². The zero-order chi connectivity index (χ0) is 14.3. The van der Waals surface area contributed by atoms with Gasteiger partial charge in [0.05, 0.1) is 12.0 Å². The standard InChI is InChI=1S/C15H13IN2O2/c1-17-13(19)7-12-14(15(17)20)11(16)9-18(12)8-10-5-3-2-4-6-10/h2-6,9H,7-8H2,1H3. The average Bonchev–Trinajstić information content (AvgIpc) is 2.73. The third-order valence-corrected chi connectivity index (χ3v) is 4.37. The fourth-order valence-electron chi connectivity index (χ4n) is 2.44. The van der Waals surface area contributed by atoms with E-state index < -0.39 is 0 Å². The molecule has 4 nitrogen and oxygen atoms in total. The summed E-state index contributed by atoms with van der Waals surface area (Å²) in [4.78, 5) is 25.3. The number of rotatable bonds is 2. The first kappa shape index (κ1) is 13.4. The molecule has 20 heavy (non-hydrogen) atoms. The Labute approximate surface area is 130 Å². The van der Waals surface area contributed by atoms with E-state index in [9.17, 15) is 9.59 Å². The van der Waals surface area contributed by atoms with Crippen LogP contribution in [0.25, 0.3) is 0 Å². The molecule has 0 unspecified atom stereocenters. The van der Waals surface area contributed by atoms with Gasteiger partial charge in [0.2, 0.25) is 5.91 Å². The lowest BCUT2D eigenvalue weighted by atomic mass is 10.1. The van der Waals surface area contributed by atoms with Gasteiger partial charge in [-0.3, -0.25) is 14.5 Å². The van der Waals surface area contributed by atoms with Gasteiger partial charge in [-0.2, -0.15) is 0 Å². The van der Waals surface area contributed by atoms with Gasteiger partial charge in [-0.25, -0.2) is 0 Å². The van der Waals surface area contributed by atoms with E-state index in [4.69, 9.17) is 0 Å². The molecule has 0 N–H and O–H groups in total. The van der Waals surface area contributed by atoms with Gasteiger partial charge in [-0.05, 0) is 28.2 Å². The van der Waals surface area contributed by atoms with Gasteiger partial charge < -0.3 is 4.57 Å². The first-order valence-corrected chi connectivity index (χ1v) is 7.38. The molecular formula is C15H13IN2O2. The molecule has 0 bridgehead atoms. The number of hydrogen-bond donors (Lipinski definition) is 0. The second kappa shape index (κ2) is 5.05. The van der Waals surface area contributed by atoms with Crippen molar-refractivity contribution in [2.24, 2.45) is 0 Å². The Bertz CT molecular complexity index is 691. The molecule has 2 amide bonds. The van der Waals surface area contributed by atoms with Crippen LogP contribution in [0.1, 0.15) is 21.6 Å². The van der Waals surface area contributed by atoms with Gasteiger partial charge >= 0.3 is 0 Å². The number of nitrogens with zero attached hydrogens (tertiary/aromatic N) is 2. The molecule has 0 saturated heterocycles. The lowest BCUT2D eigenvalue weighted by molar-refractivity contribution is -0.127. The molecule has 1 aliphatic heterocycles. The minimum atomic E-state index is -0.201. The van der Waals surface area contributed by atoms with Crippen molar-refractivity contribution in [3.63, 3.8) is 0 Å². The SMILES string of the molecule is CN1C(=O)Cc2c(c(I)cn2Cc2ccccc2)C1=O. The summed E-state index contributed by atoms with van der Waals surface area (Å²) < 4.78 is 2.91. The van der Waals surface area contributed by atoms with E-state index in [1.807, 2.05) is 41.1 Å². The summed E-state index contributed by atoms with van der Waals surface area (Å²) in [6, 6.07) is 10.0. The van der Waals surface area contributed by atoms with Crippen molar-refractivity contribution in [2.75, 3.05) is 7.05 Å². The highest BCUT2D eigenvalue weighted by atomic mass is 127. The van der Waals surface area contributed by atoms with Gasteiger partial charge in [0.1, 0.15) is 0 Å². The number of imide groups is 1. The first-order valence-electron chi connectivity index (χ1n) is 6.30. The van der Waals surface area contributed by atoms with Crippen LogP contribution in [0.5, 0.6) is 0 Å². The van der Waals surface area contributed by atoms with Crippen molar-refractivity contribution >= 4 is 34.4 Å². The average molecular weight is 380 g/mol. The van der Waals surface area contributed by atoms with E-state index in [0.717, 1.165) is 14.8 Å². The molecule has 0 aliphatic carbocycles. The van der Waals surface area contributed by atoms with E-state index in [1.165, 1.54) is 11.9 Å². The maximum absolute atomic E-state index is 12.2. The van der Waals surface area contributed by atoms with E-state index in [2.05, 4.69) is 22.6 Å². The molecule has 0 atom stereocenters. The van der Waals surface area contributed by atoms with E-state index in [-0.39, 0.29) is 18.2 Å². The Morgan fingerprint density at radius 3 is 2.60 bits per heavy atom. The molecule has 5 heteroatoms. The maximum atomic E-state index is 12.2. The topological polar surface area (TPSA) is 42.3 Å². The lowest BCUT2D eigenvalue weighted by Crippen LogP contribution is -2.39. The van der Waals surface area contributed by atoms with Crippen molar-refractivity contribution in [3.05, 3.63) is 56.9 Å². The molecule has 102 valence electrons. The Morgan fingerprint density at radius 1 is 1.20 bits per heavy atom. The number of likely N-dealkylation sites (N-methyl/N-ethyl adjacent to an activating group) is 1. The summed E-state index contributed by atoms with van der Waals surface area (Å²) in [6.45, 7) is 0.677. The molecule has 1 aliphatic rings. The number of carbonyl (C=O) groups excluding carboxylic acids is 2. The van der Waals surface area contributed by atoms with Crippen LogP contribution >= 0.6 is 22.6 Å². The fourth-order valence-corrected chi connectivity index (χ4v) is 3.32. The molecule has 0 saturated carbocycles. The molecular weight excluding hydrogens is 367 g/mol. The molecule has 0 radical (unpaired) electrons. The number of hydrogen-bond acceptors (Lipinski definition) is 2. The van der Waals surface area contributed by atoms with Crippen LogP contribution in [-0.4, -0.2) is 28.3 Å². The summed E-state index contributed by atoms with van der Waals surface area (Å²) >= 11 is 2.16. The summed E-state index contributed by atoms with van der Waals surface area (Å²) in [5, 5.41) is 0. The molecule has 1 aromatic carbocycles. The van der Waals surface area contributed by atoms with E-state index in [0.29, 0.717) is 12.1 Å². The van der Waals surface area contributed by atoms with Crippen molar-refractivity contribution in [1.29, 1.82) is 0 Å². The van der Waals surface area contributed by atoms with Gasteiger partial charge in [-0.15, -0.1) is 0 Å². The number of fused-ring (bicyclic) bond motifs is 1. The van der Waals surface area contributed by atoms with Crippen LogP contribution in [0.4, 0.5) is 0 Å². The number of halogens is 1. The van der Waals surface area contributed by atoms with E-state index >= 15 is 0 Å². The zero-order valence-corrected chi connectivity index (χ0v) is 13.1. The molecule has 0 fully saturated rings. The minimum Gasteiger partial charge on any atom is -0.345 e. The quantitative estimate of drug-likeness (QED) is 0.593. The second-order valence-electron chi connectivity index (χ2n) is 4.85. The van der Waals surface area contributed by atoms with Crippen LogP contribution in [-0.2, 0) is 17.8 Å².